The van der Waals surface area contributed by atoms with E-state index in [9.17, 15) is 22.4 Å². The van der Waals surface area contributed by atoms with Gasteiger partial charge in [0.1, 0.15) is 12.4 Å². The quantitative estimate of drug-likeness (QED) is 0.343. The van der Waals surface area contributed by atoms with E-state index in [1.165, 1.54) is 7.11 Å². The molecule has 1 heterocycles. The number of ether oxygens (including phenoxy) is 2. The zero-order valence-corrected chi connectivity index (χ0v) is 20.5. The van der Waals surface area contributed by atoms with Crippen molar-refractivity contribution in [3.63, 3.8) is 0 Å². The molecule has 0 bridgehead atoms. The van der Waals surface area contributed by atoms with Crippen LogP contribution < -0.4 is 0 Å². The highest BCUT2D eigenvalue weighted by Crippen LogP contribution is 2.39. The molecule has 1 fully saturated rings. The molecule has 0 radical (unpaired) electrons. The Morgan fingerprint density at radius 2 is 1.62 bits per heavy atom. The van der Waals surface area contributed by atoms with Gasteiger partial charge in [-0.05, 0) is 41.3 Å². The van der Waals surface area contributed by atoms with Crippen molar-refractivity contribution in [2.75, 3.05) is 26.8 Å². The molecule has 0 unspecified atom stereocenters. The van der Waals surface area contributed by atoms with E-state index in [0.717, 1.165) is 23.3 Å². The normalized spacial score (nSPS) is 18.3. The van der Waals surface area contributed by atoms with Crippen LogP contribution in [0.1, 0.15) is 34.6 Å². The molecule has 0 spiro atoms. The van der Waals surface area contributed by atoms with Gasteiger partial charge in [0.25, 0.3) is 0 Å². The van der Waals surface area contributed by atoms with Gasteiger partial charge < -0.3 is 14.4 Å². The molecule has 0 N–H and O–H groups in total. The standard InChI is InChI=1S/C29H29F4NO3/c1-36-19-27(35)34-13-12-26(37-18-20-14-23(29(31,32)33)16-24(30)15-20)25(17-34)28(21-8-4-2-5-9-21)22-10-6-3-7-11-22/h2-11,14-16,25-26,28H,12-13,17-19H2,1H3/t25-,26+/m0/s1. The lowest BCUT2D eigenvalue weighted by atomic mass is 9.75. The van der Waals surface area contributed by atoms with Gasteiger partial charge in [-0.3, -0.25) is 4.79 Å². The third kappa shape index (κ3) is 6.76. The fraction of sp³-hybridized carbons (Fsp3) is 0.345. The Morgan fingerprint density at radius 3 is 2.19 bits per heavy atom. The molecule has 4 rings (SSSR count). The second-order valence-electron chi connectivity index (χ2n) is 9.22. The number of methoxy groups -OCH3 is 1. The molecule has 8 heteroatoms. The van der Waals surface area contributed by atoms with Crippen molar-refractivity contribution in [2.45, 2.75) is 31.2 Å². The van der Waals surface area contributed by atoms with Gasteiger partial charge in [-0.2, -0.15) is 13.2 Å². The summed E-state index contributed by atoms with van der Waals surface area (Å²) < 4.78 is 64.9. The molecule has 3 aromatic carbocycles. The average molecular weight is 516 g/mol. The molecule has 1 aliphatic heterocycles. The summed E-state index contributed by atoms with van der Waals surface area (Å²) in [4.78, 5) is 14.5. The van der Waals surface area contributed by atoms with Gasteiger partial charge in [-0.25, -0.2) is 4.39 Å². The Labute approximate surface area is 213 Å². The van der Waals surface area contributed by atoms with Crippen molar-refractivity contribution in [3.05, 3.63) is 107 Å². The minimum Gasteiger partial charge on any atom is -0.375 e. The monoisotopic (exact) mass is 515 g/mol. The van der Waals surface area contributed by atoms with Crippen LogP contribution in [0, 0.1) is 11.7 Å². The Hall–Kier alpha value is -3.23. The number of alkyl halides is 3. The van der Waals surface area contributed by atoms with Gasteiger partial charge in [0, 0.05) is 32.0 Å². The van der Waals surface area contributed by atoms with Crippen LogP contribution in [0.2, 0.25) is 0 Å². The minimum absolute atomic E-state index is 0.0386. The second kappa shape index (κ2) is 11.9. The van der Waals surface area contributed by atoms with Crippen molar-refractivity contribution in [3.8, 4) is 0 Å². The highest BCUT2D eigenvalue weighted by molar-refractivity contribution is 5.77. The summed E-state index contributed by atoms with van der Waals surface area (Å²) in [7, 11) is 1.47. The van der Waals surface area contributed by atoms with Crippen LogP contribution in [0.25, 0.3) is 0 Å². The fourth-order valence-corrected chi connectivity index (χ4v) is 5.04. The Balaban J connectivity index is 1.66. The van der Waals surface area contributed by atoms with Crippen LogP contribution in [0.4, 0.5) is 17.6 Å². The molecule has 0 aliphatic carbocycles. The van der Waals surface area contributed by atoms with Gasteiger partial charge in [0.05, 0.1) is 18.3 Å². The van der Waals surface area contributed by atoms with Crippen LogP contribution >= 0.6 is 0 Å². The lowest BCUT2D eigenvalue weighted by Crippen LogP contribution is -2.49. The largest absolute Gasteiger partial charge is 0.416 e. The first-order valence-corrected chi connectivity index (χ1v) is 12.1. The van der Waals surface area contributed by atoms with Crippen LogP contribution in [0.5, 0.6) is 0 Å². The molecular weight excluding hydrogens is 486 g/mol. The van der Waals surface area contributed by atoms with Gasteiger partial charge in [-0.1, -0.05) is 60.7 Å². The molecule has 2 atom stereocenters. The van der Waals surface area contributed by atoms with Gasteiger partial charge in [0.15, 0.2) is 0 Å². The molecule has 196 valence electrons. The summed E-state index contributed by atoms with van der Waals surface area (Å²) in [5.41, 5.74) is 1.14. The fourth-order valence-electron chi connectivity index (χ4n) is 5.04. The summed E-state index contributed by atoms with van der Waals surface area (Å²) in [6.45, 7) is 0.600. The predicted molar refractivity (Wildman–Crippen MR) is 131 cm³/mol. The van der Waals surface area contributed by atoms with E-state index >= 15 is 0 Å². The summed E-state index contributed by atoms with van der Waals surface area (Å²) >= 11 is 0. The number of hydrogen-bond donors (Lipinski definition) is 0. The highest BCUT2D eigenvalue weighted by Gasteiger charge is 2.39. The average Bonchev–Trinajstić information content (AvgIpc) is 2.88. The number of piperidine rings is 1. The molecule has 3 aromatic rings. The van der Waals surface area contributed by atoms with Crippen LogP contribution in [-0.2, 0) is 27.1 Å². The zero-order chi connectivity index (χ0) is 26.4. The van der Waals surface area contributed by atoms with Crippen LogP contribution in [-0.4, -0.2) is 43.7 Å². The number of rotatable bonds is 8. The lowest BCUT2D eigenvalue weighted by molar-refractivity contribution is -0.140. The topological polar surface area (TPSA) is 38.8 Å². The number of halogens is 4. The molecule has 1 amide bonds. The Kier molecular flexibility index (Phi) is 8.61. The van der Waals surface area contributed by atoms with Gasteiger partial charge >= 0.3 is 6.18 Å². The zero-order valence-electron chi connectivity index (χ0n) is 20.5. The smallest absolute Gasteiger partial charge is 0.375 e. The maximum atomic E-state index is 14.0. The summed E-state index contributed by atoms with van der Waals surface area (Å²) in [6.07, 6.45) is -4.55. The van der Waals surface area contributed by atoms with E-state index in [1.54, 1.807) is 4.90 Å². The second-order valence-corrected chi connectivity index (χ2v) is 9.22. The van der Waals surface area contributed by atoms with E-state index in [-0.39, 0.29) is 42.6 Å². The molecule has 4 nitrogen and oxygen atoms in total. The SMILES string of the molecule is COCC(=O)N1CC[C@@H](OCc2cc(F)cc(C(F)(F)F)c2)[C@@H](C(c2ccccc2)c2ccccc2)C1. The van der Waals surface area contributed by atoms with Crippen LogP contribution in [0.3, 0.4) is 0 Å². The van der Waals surface area contributed by atoms with Crippen molar-refractivity contribution < 1.29 is 31.8 Å². The number of benzene rings is 3. The molecular formula is C29H29F4NO3. The lowest BCUT2D eigenvalue weighted by Gasteiger charge is -2.42. The molecule has 1 aliphatic rings. The first kappa shape index (κ1) is 26.8. The Bertz CT molecular complexity index is 1130. The molecule has 0 saturated carbocycles. The third-order valence-corrected chi connectivity index (χ3v) is 6.71. The van der Waals surface area contributed by atoms with E-state index in [2.05, 4.69) is 0 Å². The third-order valence-electron chi connectivity index (χ3n) is 6.71. The molecule has 0 aromatic heterocycles. The first-order chi connectivity index (χ1) is 17.8. The van der Waals surface area contributed by atoms with E-state index in [1.807, 2.05) is 60.7 Å². The summed E-state index contributed by atoms with van der Waals surface area (Å²) in [5, 5.41) is 0. The number of hydrogen-bond acceptors (Lipinski definition) is 3. The number of likely N-dealkylation sites (tertiary alicyclic amines) is 1. The maximum absolute atomic E-state index is 14.0. The first-order valence-electron chi connectivity index (χ1n) is 12.1. The highest BCUT2D eigenvalue weighted by atomic mass is 19.4. The van der Waals surface area contributed by atoms with Crippen molar-refractivity contribution in [2.24, 2.45) is 5.92 Å². The number of carbonyl (C=O) groups is 1. The summed E-state index contributed by atoms with van der Waals surface area (Å²) in [5.74, 6) is -1.43. The van der Waals surface area contributed by atoms with E-state index in [0.29, 0.717) is 25.6 Å². The summed E-state index contributed by atoms with van der Waals surface area (Å²) in [6, 6.07) is 22.2. The number of amides is 1. The molecule has 37 heavy (non-hydrogen) atoms. The molecule has 1 saturated heterocycles. The van der Waals surface area contributed by atoms with Crippen molar-refractivity contribution >= 4 is 5.91 Å². The van der Waals surface area contributed by atoms with Gasteiger partial charge in [0.2, 0.25) is 5.91 Å². The number of carbonyl (C=O) groups excluding carboxylic acids is 1. The Morgan fingerprint density at radius 1 is 1.00 bits per heavy atom. The predicted octanol–water partition coefficient (Wildman–Crippen LogP) is 6.06. The van der Waals surface area contributed by atoms with E-state index < -0.39 is 17.6 Å². The van der Waals surface area contributed by atoms with E-state index in [4.69, 9.17) is 9.47 Å². The van der Waals surface area contributed by atoms with Gasteiger partial charge in [-0.15, -0.1) is 0 Å². The minimum atomic E-state index is -4.65. The van der Waals surface area contributed by atoms with Crippen molar-refractivity contribution in [1.82, 2.24) is 4.90 Å². The number of nitrogens with zero attached hydrogens (tertiary/aromatic N) is 1. The maximum Gasteiger partial charge on any atom is 0.416 e. The van der Waals surface area contributed by atoms with Crippen LogP contribution in [0.15, 0.2) is 78.9 Å². The van der Waals surface area contributed by atoms with Crippen molar-refractivity contribution in [1.29, 1.82) is 0 Å².